The number of carbonyl (C=O) groups excluding carboxylic acids is 1. The van der Waals surface area contributed by atoms with Crippen LogP contribution in [0.4, 0.5) is 0 Å². The Labute approximate surface area is 101 Å². The SMILES string of the molecule is O=C(CNC1C=CS(=O)(=O)C1)N1CCOCC1. The zero-order valence-electron chi connectivity index (χ0n) is 9.46. The molecule has 0 aromatic rings. The molecule has 0 bridgehead atoms. The Bertz CT molecular complexity index is 412. The highest BCUT2D eigenvalue weighted by atomic mass is 32.2. The average molecular weight is 260 g/mol. The molecule has 1 unspecified atom stereocenters. The van der Waals surface area contributed by atoms with Gasteiger partial charge in [0.05, 0.1) is 25.5 Å². The number of morpholine rings is 1. The molecule has 0 saturated carbocycles. The number of hydrogen-bond acceptors (Lipinski definition) is 5. The van der Waals surface area contributed by atoms with Crippen LogP contribution in [0.2, 0.25) is 0 Å². The lowest BCUT2D eigenvalue weighted by atomic mass is 10.3. The fraction of sp³-hybridized carbons (Fsp3) is 0.700. The standard InChI is InChI=1S/C10H16N2O4S/c13-10(12-2-4-16-5-3-12)7-11-9-1-6-17(14,15)8-9/h1,6,9,11H,2-5,7-8H2. The second-order valence-corrected chi connectivity index (χ2v) is 6.07. The van der Waals surface area contributed by atoms with Gasteiger partial charge in [0.2, 0.25) is 5.91 Å². The normalized spacial score (nSPS) is 27.3. The highest BCUT2D eigenvalue weighted by Gasteiger charge is 2.23. The molecular weight excluding hydrogens is 244 g/mol. The van der Waals surface area contributed by atoms with Crippen molar-refractivity contribution >= 4 is 15.7 Å². The predicted octanol–water partition coefficient (Wildman–Crippen LogP) is -1.25. The molecule has 17 heavy (non-hydrogen) atoms. The lowest BCUT2D eigenvalue weighted by molar-refractivity contribution is -0.134. The van der Waals surface area contributed by atoms with Crippen LogP contribution in [0.1, 0.15) is 0 Å². The molecule has 1 saturated heterocycles. The van der Waals surface area contributed by atoms with E-state index >= 15 is 0 Å². The molecule has 2 aliphatic rings. The first-order valence-corrected chi connectivity index (χ1v) is 7.28. The summed E-state index contributed by atoms with van der Waals surface area (Å²) in [4.78, 5) is 13.5. The van der Waals surface area contributed by atoms with Crippen LogP contribution < -0.4 is 5.32 Å². The van der Waals surface area contributed by atoms with Gasteiger partial charge >= 0.3 is 0 Å². The number of nitrogens with zero attached hydrogens (tertiary/aromatic N) is 1. The summed E-state index contributed by atoms with van der Waals surface area (Å²) >= 11 is 0. The van der Waals surface area contributed by atoms with Crippen LogP contribution in [0.5, 0.6) is 0 Å². The van der Waals surface area contributed by atoms with Gasteiger partial charge in [0.25, 0.3) is 0 Å². The van der Waals surface area contributed by atoms with Crippen LogP contribution in [0.15, 0.2) is 11.5 Å². The Morgan fingerprint density at radius 1 is 1.41 bits per heavy atom. The molecule has 0 aromatic carbocycles. The third-order valence-electron chi connectivity index (χ3n) is 2.81. The maximum absolute atomic E-state index is 11.8. The lowest BCUT2D eigenvalue weighted by Gasteiger charge is -2.27. The van der Waals surface area contributed by atoms with Gasteiger partial charge in [-0.3, -0.25) is 4.79 Å². The summed E-state index contributed by atoms with van der Waals surface area (Å²) in [5.41, 5.74) is 0. The van der Waals surface area contributed by atoms with Gasteiger partial charge < -0.3 is 15.0 Å². The Morgan fingerprint density at radius 3 is 2.71 bits per heavy atom. The molecule has 0 aliphatic carbocycles. The van der Waals surface area contributed by atoms with Gasteiger partial charge in [0.15, 0.2) is 9.84 Å². The molecule has 0 radical (unpaired) electrons. The number of carbonyl (C=O) groups is 1. The summed E-state index contributed by atoms with van der Waals surface area (Å²) in [6.45, 7) is 2.54. The predicted molar refractivity (Wildman–Crippen MR) is 62.1 cm³/mol. The number of amides is 1. The van der Waals surface area contributed by atoms with E-state index in [-0.39, 0.29) is 24.2 Å². The zero-order chi connectivity index (χ0) is 12.3. The van der Waals surface area contributed by atoms with Gasteiger partial charge in [0.1, 0.15) is 0 Å². The van der Waals surface area contributed by atoms with E-state index < -0.39 is 9.84 Å². The van der Waals surface area contributed by atoms with Crippen LogP contribution in [-0.4, -0.2) is 63.9 Å². The van der Waals surface area contributed by atoms with Crippen LogP contribution in [0, 0.1) is 0 Å². The third-order valence-corrected chi connectivity index (χ3v) is 4.20. The van der Waals surface area contributed by atoms with E-state index in [2.05, 4.69) is 5.32 Å². The molecule has 1 fully saturated rings. The van der Waals surface area contributed by atoms with Gasteiger partial charge in [-0.1, -0.05) is 6.08 Å². The Kier molecular flexibility index (Phi) is 3.80. The molecule has 2 aliphatic heterocycles. The van der Waals surface area contributed by atoms with Crippen molar-refractivity contribution in [2.45, 2.75) is 6.04 Å². The summed E-state index contributed by atoms with van der Waals surface area (Å²) in [5.74, 6) is 0.0367. The van der Waals surface area contributed by atoms with Gasteiger partial charge in [-0.05, 0) is 0 Å². The van der Waals surface area contributed by atoms with E-state index in [1.165, 1.54) is 5.41 Å². The van der Waals surface area contributed by atoms with Gasteiger partial charge in [-0.2, -0.15) is 0 Å². The zero-order valence-corrected chi connectivity index (χ0v) is 10.3. The maximum atomic E-state index is 11.8. The van der Waals surface area contributed by atoms with Gasteiger partial charge in [-0.15, -0.1) is 0 Å². The van der Waals surface area contributed by atoms with Crippen LogP contribution >= 0.6 is 0 Å². The number of sulfone groups is 1. The molecule has 96 valence electrons. The van der Waals surface area contributed by atoms with E-state index in [0.717, 1.165) is 0 Å². The summed E-state index contributed by atoms with van der Waals surface area (Å²) in [6, 6.07) is -0.245. The monoisotopic (exact) mass is 260 g/mol. The first-order chi connectivity index (χ1) is 8.07. The van der Waals surface area contributed by atoms with Crippen molar-refractivity contribution in [2.75, 3.05) is 38.6 Å². The van der Waals surface area contributed by atoms with Crippen molar-refractivity contribution in [2.24, 2.45) is 0 Å². The summed E-state index contributed by atoms with van der Waals surface area (Å²) in [6.07, 6.45) is 1.59. The van der Waals surface area contributed by atoms with Gasteiger partial charge in [-0.25, -0.2) is 8.42 Å². The number of nitrogens with one attached hydrogen (secondary N) is 1. The molecule has 2 rings (SSSR count). The van der Waals surface area contributed by atoms with Crippen molar-refractivity contribution < 1.29 is 17.9 Å². The second kappa shape index (κ2) is 5.16. The first-order valence-electron chi connectivity index (χ1n) is 5.57. The van der Waals surface area contributed by atoms with E-state index in [9.17, 15) is 13.2 Å². The number of hydrogen-bond donors (Lipinski definition) is 1. The van der Waals surface area contributed by atoms with E-state index in [1.54, 1.807) is 11.0 Å². The largest absolute Gasteiger partial charge is 0.378 e. The molecule has 6 nitrogen and oxygen atoms in total. The lowest BCUT2D eigenvalue weighted by Crippen LogP contribution is -2.46. The van der Waals surface area contributed by atoms with Crippen LogP contribution in [-0.2, 0) is 19.4 Å². The average Bonchev–Trinajstić information content (AvgIpc) is 2.67. The van der Waals surface area contributed by atoms with Crippen LogP contribution in [0.25, 0.3) is 0 Å². The number of rotatable bonds is 3. The molecule has 7 heteroatoms. The Hall–Kier alpha value is -0.920. The molecule has 2 heterocycles. The van der Waals surface area contributed by atoms with E-state index in [4.69, 9.17) is 4.74 Å². The molecule has 0 spiro atoms. The number of ether oxygens (including phenoxy) is 1. The minimum absolute atomic E-state index is 0.00834. The molecule has 0 aromatic heterocycles. The molecule has 1 N–H and O–H groups in total. The maximum Gasteiger partial charge on any atom is 0.236 e. The second-order valence-electron chi connectivity index (χ2n) is 4.14. The van der Waals surface area contributed by atoms with Crippen molar-refractivity contribution in [3.63, 3.8) is 0 Å². The highest BCUT2D eigenvalue weighted by Crippen LogP contribution is 2.07. The fourth-order valence-corrected chi connectivity index (χ4v) is 3.12. The van der Waals surface area contributed by atoms with Crippen molar-refractivity contribution in [3.05, 3.63) is 11.5 Å². The molecule has 1 amide bonds. The topological polar surface area (TPSA) is 75.7 Å². The highest BCUT2D eigenvalue weighted by molar-refractivity contribution is 7.94. The molecule has 1 atom stereocenters. The fourth-order valence-electron chi connectivity index (χ4n) is 1.85. The van der Waals surface area contributed by atoms with Crippen molar-refractivity contribution in [3.8, 4) is 0 Å². The summed E-state index contributed by atoms with van der Waals surface area (Å²) in [5, 5.41) is 4.13. The smallest absolute Gasteiger partial charge is 0.236 e. The van der Waals surface area contributed by atoms with Crippen LogP contribution in [0.3, 0.4) is 0 Å². The molecular formula is C10H16N2O4S. The van der Waals surface area contributed by atoms with Crippen molar-refractivity contribution in [1.82, 2.24) is 10.2 Å². The third kappa shape index (κ3) is 3.52. The Balaban J connectivity index is 1.75. The minimum Gasteiger partial charge on any atom is -0.378 e. The van der Waals surface area contributed by atoms with Gasteiger partial charge in [0, 0.05) is 24.5 Å². The van der Waals surface area contributed by atoms with E-state index in [0.29, 0.717) is 26.3 Å². The summed E-state index contributed by atoms with van der Waals surface area (Å²) in [7, 11) is -3.06. The Morgan fingerprint density at radius 2 is 2.12 bits per heavy atom. The van der Waals surface area contributed by atoms with E-state index in [1.807, 2.05) is 0 Å². The minimum atomic E-state index is -3.06. The van der Waals surface area contributed by atoms with Crippen molar-refractivity contribution in [1.29, 1.82) is 0 Å². The first kappa shape index (κ1) is 12.5. The summed E-state index contributed by atoms with van der Waals surface area (Å²) < 4.78 is 27.4. The quantitative estimate of drug-likeness (QED) is 0.686.